The molecule has 0 spiro atoms. The molecule has 1 heterocycles. The van der Waals surface area contributed by atoms with Crippen molar-refractivity contribution < 1.29 is 14.6 Å². The van der Waals surface area contributed by atoms with E-state index in [-0.39, 0.29) is 23.2 Å². The Morgan fingerprint density at radius 2 is 2.05 bits per heavy atom. The minimum absolute atomic E-state index is 0.0288. The Bertz CT molecular complexity index is 617. The molecular formula is C13H9Cl2NO3. The van der Waals surface area contributed by atoms with Crippen molar-refractivity contribution in [2.75, 3.05) is 0 Å². The number of hydrogen-bond donors (Lipinski definition) is 1. The Morgan fingerprint density at radius 3 is 2.74 bits per heavy atom. The van der Waals surface area contributed by atoms with Crippen molar-refractivity contribution in [2.45, 2.75) is 6.61 Å². The van der Waals surface area contributed by atoms with Crippen molar-refractivity contribution in [3.63, 3.8) is 0 Å². The van der Waals surface area contributed by atoms with E-state index in [1.807, 2.05) is 6.07 Å². The van der Waals surface area contributed by atoms with Gasteiger partial charge in [0.2, 0.25) is 5.88 Å². The summed E-state index contributed by atoms with van der Waals surface area (Å²) in [4.78, 5) is 14.8. The van der Waals surface area contributed by atoms with Gasteiger partial charge in [0.1, 0.15) is 11.8 Å². The Kier molecular flexibility index (Phi) is 4.24. The van der Waals surface area contributed by atoms with E-state index in [4.69, 9.17) is 33.0 Å². The maximum absolute atomic E-state index is 10.9. The fraction of sp³-hybridized carbons (Fsp3) is 0.0769. The zero-order chi connectivity index (χ0) is 13.8. The van der Waals surface area contributed by atoms with Crippen LogP contribution in [0.15, 0.2) is 36.4 Å². The van der Waals surface area contributed by atoms with Crippen molar-refractivity contribution in [2.24, 2.45) is 0 Å². The van der Waals surface area contributed by atoms with Gasteiger partial charge in [-0.2, -0.15) is 0 Å². The number of halogens is 2. The summed E-state index contributed by atoms with van der Waals surface area (Å²) in [7, 11) is 0. The van der Waals surface area contributed by atoms with E-state index < -0.39 is 5.97 Å². The van der Waals surface area contributed by atoms with E-state index in [1.165, 1.54) is 12.1 Å². The van der Waals surface area contributed by atoms with E-state index in [0.717, 1.165) is 5.56 Å². The predicted molar refractivity (Wildman–Crippen MR) is 72.0 cm³/mol. The van der Waals surface area contributed by atoms with Gasteiger partial charge in [-0.05, 0) is 23.8 Å². The summed E-state index contributed by atoms with van der Waals surface area (Å²) < 4.78 is 5.40. The van der Waals surface area contributed by atoms with E-state index in [0.29, 0.717) is 5.02 Å². The third kappa shape index (κ3) is 3.84. The lowest BCUT2D eigenvalue weighted by molar-refractivity contribution is 0.0696. The van der Waals surface area contributed by atoms with Crippen LogP contribution in [0.4, 0.5) is 0 Å². The van der Waals surface area contributed by atoms with Gasteiger partial charge in [-0.15, -0.1) is 0 Å². The fourth-order valence-corrected chi connectivity index (χ4v) is 1.87. The zero-order valence-electron chi connectivity index (χ0n) is 9.64. The van der Waals surface area contributed by atoms with Gasteiger partial charge < -0.3 is 9.84 Å². The van der Waals surface area contributed by atoms with Gasteiger partial charge in [-0.3, -0.25) is 0 Å². The Hall–Kier alpha value is -1.78. The zero-order valence-corrected chi connectivity index (χ0v) is 11.1. The Balaban J connectivity index is 2.13. The van der Waals surface area contributed by atoms with Crippen LogP contribution in [0, 0.1) is 0 Å². The first kappa shape index (κ1) is 13.6. The van der Waals surface area contributed by atoms with Gasteiger partial charge >= 0.3 is 5.97 Å². The fourth-order valence-electron chi connectivity index (χ4n) is 1.45. The number of pyridine rings is 1. The molecule has 98 valence electrons. The largest absolute Gasteiger partial charge is 0.478 e. The molecule has 0 radical (unpaired) electrons. The standard InChI is InChI=1S/C13H9Cl2NO3/c14-10-3-1-2-8(4-10)7-19-12-6-9(13(17)18)5-11(15)16-12/h1-6H,7H2,(H,17,18). The highest BCUT2D eigenvalue weighted by atomic mass is 35.5. The first-order valence-corrected chi connectivity index (χ1v) is 6.08. The van der Waals surface area contributed by atoms with Crippen LogP contribution in [0.2, 0.25) is 10.2 Å². The number of ether oxygens (including phenoxy) is 1. The third-order valence-electron chi connectivity index (χ3n) is 2.29. The van der Waals surface area contributed by atoms with E-state index in [1.54, 1.807) is 18.2 Å². The number of aromatic carboxylic acids is 1. The lowest BCUT2D eigenvalue weighted by Gasteiger charge is -2.07. The van der Waals surface area contributed by atoms with Gasteiger partial charge in [0.05, 0.1) is 5.56 Å². The van der Waals surface area contributed by atoms with Crippen LogP contribution in [-0.2, 0) is 6.61 Å². The molecule has 0 bridgehead atoms. The maximum atomic E-state index is 10.9. The summed E-state index contributed by atoms with van der Waals surface area (Å²) in [6.45, 7) is 0.229. The summed E-state index contributed by atoms with van der Waals surface area (Å²) >= 11 is 11.6. The molecule has 0 unspecified atom stereocenters. The molecule has 2 aromatic rings. The number of aromatic nitrogens is 1. The maximum Gasteiger partial charge on any atom is 0.335 e. The minimum Gasteiger partial charge on any atom is -0.478 e. The second-order valence-corrected chi connectivity index (χ2v) is 4.56. The number of nitrogens with zero attached hydrogens (tertiary/aromatic N) is 1. The predicted octanol–water partition coefficient (Wildman–Crippen LogP) is 3.67. The van der Waals surface area contributed by atoms with Crippen molar-refractivity contribution in [3.05, 3.63) is 57.7 Å². The van der Waals surface area contributed by atoms with Gasteiger partial charge in [0, 0.05) is 11.1 Å². The molecule has 19 heavy (non-hydrogen) atoms. The third-order valence-corrected chi connectivity index (χ3v) is 2.72. The van der Waals surface area contributed by atoms with Crippen LogP contribution < -0.4 is 4.74 Å². The summed E-state index contributed by atoms with van der Waals surface area (Å²) in [5, 5.41) is 9.57. The van der Waals surface area contributed by atoms with Gasteiger partial charge in [0.25, 0.3) is 0 Å². The smallest absolute Gasteiger partial charge is 0.335 e. The number of carboxylic acids is 1. The number of rotatable bonds is 4. The molecule has 0 aliphatic carbocycles. The van der Waals surface area contributed by atoms with E-state index in [2.05, 4.69) is 4.98 Å². The van der Waals surface area contributed by atoms with Crippen LogP contribution in [0.3, 0.4) is 0 Å². The molecule has 0 amide bonds. The SMILES string of the molecule is O=C(O)c1cc(Cl)nc(OCc2cccc(Cl)c2)c1. The summed E-state index contributed by atoms with van der Waals surface area (Å²) in [6.07, 6.45) is 0. The summed E-state index contributed by atoms with van der Waals surface area (Å²) in [5.74, 6) is -0.929. The molecular weight excluding hydrogens is 289 g/mol. The molecule has 1 N–H and O–H groups in total. The quantitative estimate of drug-likeness (QED) is 0.875. The lowest BCUT2D eigenvalue weighted by atomic mass is 10.2. The van der Waals surface area contributed by atoms with E-state index in [9.17, 15) is 4.79 Å². The van der Waals surface area contributed by atoms with Crippen molar-refractivity contribution in [3.8, 4) is 5.88 Å². The molecule has 1 aromatic carbocycles. The molecule has 0 fully saturated rings. The molecule has 0 saturated carbocycles. The summed E-state index contributed by atoms with van der Waals surface area (Å²) in [6, 6.07) is 9.73. The molecule has 0 aliphatic heterocycles. The number of carbonyl (C=O) groups is 1. The molecule has 0 aliphatic rings. The first-order chi connectivity index (χ1) is 9.04. The van der Waals surface area contributed by atoms with E-state index >= 15 is 0 Å². The average Bonchev–Trinajstić information content (AvgIpc) is 2.36. The normalized spacial score (nSPS) is 10.2. The van der Waals surface area contributed by atoms with Gasteiger partial charge in [-0.1, -0.05) is 35.3 Å². The highest BCUT2D eigenvalue weighted by Crippen LogP contribution is 2.18. The topological polar surface area (TPSA) is 59.4 Å². The van der Waals surface area contributed by atoms with Crippen LogP contribution >= 0.6 is 23.2 Å². The van der Waals surface area contributed by atoms with Crippen molar-refractivity contribution in [1.29, 1.82) is 0 Å². The molecule has 0 saturated heterocycles. The highest BCUT2D eigenvalue weighted by Gasteiger charge is 2.08. The molecule has 6 heteroatoms. The van der Waals surface area contributed by atoms with Crippen molar-refractivity contribution >= 4 is 29.2 Å². The minimum atomic E-state index is -1.09. The van der Waals surface area contributed by atoms with Crippen molar-refractivity contribution in [1.82, 2.24) is 4.98 Å². The second-order valence-electron chi connectivity index (χ2n) is 3.74. The van der Waals surface area contributed by atoms with Crippen LogP contribution in [0.5, 0.6) is 5.88 Å². The summed E-state index contributed by atoms with van der Waals surface area (Å²) in [5.41, 5.74) is 0.882. The molecule has 0 atom stereocenters. The van der Waals surface area contributed by atoms with Gasteiger partial charge in [0.15, 0.2) is 0 Å². The first-order valence-electron chi connectivity index (χ1n) is 5.33. The molecule has 4 nitrogen and oxygen atoms in total. The molecule has 2 rings (SSSR count). The number of carboxylic acid groups (broad SMARTS) is 1. The Morgan fingerprint density at radius 1 is 1.26 bits per heavy atom. The highest BCUT2D eigenvalue weighted by molar-refractivity contribution is 6.30. The van der Waals surface area contributed by atoms with Gasteiger partial charge in [-0.25, -0.2) is 9.78 Å². The number of hydrogen-bond acceptors (Lipinski definition) is 3. The van der Waals surface area contributed by atoms with Crippen LogP contribution in [0.25, 0.3) is 0 Å². The lowest BCUT2D eigenvalue weighted by Crippen LogP contribution is -2.01. The van der Waals surface area contributed by atoms with Crippen LogP contribution in [0.1, 0.15) is 15.9 Å². The second kappa shape index (κ2) is 5.91. The Labute approximate surface area is 119 Å². The monoisotopic (exact) mass is 297 g/mol. The molecule has 1 aromatic heterocycles. The number of benzene rings is 1. The average molecular weight is 298 g/mol. The van der Waals surface area contributed by atoms with Crippen LogP contribution in [-0.4, -0.2) is 16.1 Å².